The van der Waals surface area contributed by atoms with Crippen LogP contribution in [0, 0.1) is 20.8 Å². The number of methoxy groups -OCH3 is 1. The van der Waals surface area contributed by atoms with E-state index in [-0.39, 0.29) is 5.91 Å². The molecule has 8 heteroatoms. The number of rotatable bonds is 5. The average Bonchev–Trinajstić information content (AvgIpc) is 3.20. The molecule has 0 radical (unpaired) electrons. The molecule has 0 bridgehead atoms. The van der Waals surface area contributed by atoms with E-state index in [2.05, 4.69) is 22.3 Å². The number of nitrogens with one attached hydrogen (secondary N) is 1. The minimum atomic E-state index is -0.0576. The molecule has 0 saturated carbocycles. The van der Waals surface area contributed by atoms with Crippen molar-refractivity contribution in [2.24, 2.45) is 7.05 Å². The van der Waals surface area contributed by atoms with Crippen molar-refractivity contribution >= 4 is 43.6 Å². The molecule has 1 amide bonds. The first-order chi connectivity index (χ1) is 13.9. The predicted molar refractivity (Wildman–Crippen MR) is 116 cm³/mol. The summed E-state index contributed by atoms with van der Waals surface area (Å²) in [7, 11) is 3.54. The summed E-state index contributed by atoms with van der Waals surface area (Å²) in [5, 5.41) is 9.08. The molecule has 3 heterocycles. The zero-order valence-electron chi connectivity index (χ0n) is 17.2. The highest BCUT2D eigenvalue weighted by atomic mass is 32.1. The monoisotopic (exact) mass is 409 g/mol. The molecule has 0 aliphatic rings. The number of ether oxygens (including phenoxy) is 1. The summed E-state index contributed by atoms with van der Waals surface area (Å²) >= 11 is 1.44. The first kappa shape index (κ1) is 19.3. The number of aromatic nitrogens is 4. The lowest BCUT2D eigenvalue weighted by atomic mass is 9.99. The number of carbonyl (C=O) groups is 1. The van der Waals surface area contributed by atoms with Gasteiger partial charge in [-0.1, -0.05) is 11.3 Å². The molecule has 0 aliphatic carbocycles. The van der Waals surface area contributed by atoms with Crippen molar-refractivity contribution in [1.82, 2.24) is 19.7 Å². The summed E-state index contributed by atoms with van der Waals surface area (Å²) in [6.45, 7) is 6.06. The summed E-state index contributed by atoms with van der Waals surface area (Å²) in [4.78, 5) is 21.7. The van der Waals surface area contributed by atoms with Gasteiger partial charge in [0.1, 0.15) is 5.75 Å². The summed E-state index contributed by atoms with van der Waals surface area (Å²) in [5.74, 6) is 0.719. The van der Waals surface area contributed by atoms with Crippen LogP contribution in [-0.4, -0.2) is 32.8 Å². The molecule has 0 spiro atoms. The van der Waals surface area contributed by atoms with Crippen LogP contribution in [0.2, 0.25) is 0 Å². The van der Waals surface area contributed by atoms with Gasteiger partial charge in [0, 0.05) is 24.5 Å². The van der Waals surface area contributed by atoms with Crippen molar-refractivity contribution in [1.29, 1.82) is 0 Å². The van der Waals surface area contributed by atoms with Crippen molar-refractivity contribution in [3.8, 4) is 5.75 Å². The molecule has 0 saturated heterocycles. The standard InChI is InChI=1S/C21H23N5O2S/c1-11-15(12(2)22-20-19(11)13(3)25-26(20)4)7-9-18(27)24-21-23-16-8-6-14(28-5)10-17(16)29-21/h6,8,10H,7,9H2,1-5H3,(H,23,24,27). The van der Waals surface area contributed by atoms with E-state index in [9.17, 15) is 4.79 Å². The number of anilines is 1. The zero-order valence-corrected chi connectivity index (χ0v) is 18.0. The Morgan fingerprint density at radius 3 is 2.76 bits per heavy atom. The van der Waals surface area contributed by atoms with Gasteiger partial charge in [-0.15, -0.1) is 0 Å². The number of aryl methyl sites for hydroxylation is 4. The number of benzene rings is 1. The fraction of sp³-hybridized carbons (Fsp3) is 0.333. The Kier molecular flexibility index (Phi) is 4.96. The fourth-order valence-corrected chi connectivity index (χ4v) is 4.65. The van der Waals surface area contributed by atoms with E-state index < -0.39 is 0 Å². The number of hydrogen-bond acceptors (Lipinski definition) is 6. The molecule has 0 fully saturated rings. The van der Waals surface area contributed by atoms with Crippen molar-refractivity contribution in [3.05, 3.63) is 40.7 Å². The third kappa shape index (κ3) is 3.55. The Balaban J connectivity index is 1.50. The molecule has 0 unspecified atom stereocenters. The van der Waals surface area contributed by atoms with Crippen LogP contribution in [0.25, 0.3) is 21.3 Å². The van der Waals surface area contributed by atoms with Crippen LogP contribution in [0.1, 0.15) is 28.9 Å². The van der Waals surface area contributed by atoms with E-state index in [1.165, 1.54) is 11.3 Å². The van der Waals surface area contributed by atoms with Gasteiger partial charge in [0.05, 0.1) is 23.0 Å². The van der Waals surface area contributed by atoms with Gasteiger partial charge >= 0.3 is 0 Å². The molecular formula is C21H23N5O2S. The van der Waals surface area contributed by atoms with E-state index in [4.69, 9.17) is 9.72 Å². The van der Waals surface area contributed by atoms with E-state index in [0.29, 0.717) is 18.0 Å². The van der Waals surface area contributed by atoms with Crippen molar-refractivity contribution in [2.45, 2.75) is 33.6 Å². The molecule has 3 aromatic heterocycles. The average molecular weight is 410 g/mol. The van der Waals surface area contributed by atoms with Crippen LogP contribution in [0.4, 0.5) is 5.13 Å². The summed E-state index contributed by atoms with van der Waals surface area (Å²) in [5.41, 5.74) is 5.90. The van der Waals surface area contributed by atoms with Gasteiger partial charge in [0.15, 0.2) is 10.8 Å². The van der Waals surface area contributed by atoms with E-state index in [0.717, 1.165) is 49.5 Å². The smallest absolute Gasteiger partial charge is 0.226 e. The summed E-state index contributed by atoms with van der Waals surface area (Å²) in [6.07, 6.45) is 0.993. The van der Waals surface area contributed by atoms with Crippen molar-refractivity contribution in [3.63, 3.8) is 0 Å². The van der Waals surface area contributed by atoms with Crippen molar-refractivity contribution < 1.29 is 9.53 Å². The first-order valence-electron chi connectivity index (χ1n) is 9.41. The highest BCUT2D eigenvalue weighted by Gasteiger charge is 2.16. The van der Waals surface area contributed by atoms with Gasteiger partial charge < -0.3 is 10.1 Å². The third-order valence-corrected chi connectivity index (χ3v) is 6.11. The normalized spacial score (nSPS) is 11.3. The molecule has 1 aromatic carbocycles. The maximum absolute atomic E-state index is 12.5. The highest BCUT2D eigenvalue weighted by molar-refractivity contribution is 7.22. The van der Waals surface area contributed by atoms with Gasteiger partial charge in [-0.25, -0.2) is 9.97 Å². The highest BCUT2D eigenvalue weighted by Crippen LogP contribution is 2.30. The van der Waals surface area contributed by atoms with Gasteiger partial charge in [-0.05, 0) is 56.5 Å². The Hall–Kier alpha value is -3.00. The molecule has 150 valence electrons. The minimum Gasteiger partial charge on any atom is -0.497 e. The number of hydrogen-bond donors (Lipinski definition) is 1. The lowest BCUT2D eigenvalue weighted by molar-refractivity contribution is -0.116. The Morgan fingerprint density at radius 2 is 2.00 bits per heavy atom. The number of carbonyl (C=O) groups excluding carboxylic acids is 1. The predicted octanol–water partition coefficient (Wildman–Crippen LogP) is 4.08. The quantitative estimate of drug-likeness (QED) is 0.537. The number of pyridine rings is 1. The molecule has 1 N–H and O–H groups in total. The van der Waals surface area contributed by atoms with E-state index in [1.54, 1.807) is 7.11 Å². The second kappa shape index (κ2) is 7.44. The van der Waals surface area contributed by atoms with Crippen molar-refractivity contribution in [2.75, 3.05) is 12.4 Å². The fourth-order valence-electron chi connectivity index (χ4n) is 3.74. The van der Waals surface area contributed by atoms with Crippen LogP contribution in [-0.2, 0) is 18.3 Å². The Labute approximate surface area is 172 Å². The number of thiazole rings is 1. The van der Waals surface area contributed by atoms with Crippen LogP contribution < -0.4 is 10.1 Å². The van der Waals surface area contributed by atoms with Gasteiger partial charge in [0.2, 0.25) is 5.91 Å². The lowest BCUT2D eigenvalue weighted by Gasteiger charge is -2.11. The van der Waals surface area contributed by atoms with Gasteiger partial charge in [0.25, 0.3) is 0 Å². The van der Waals surface area contributed by atoms with E-state index in [1.807, 2.05) is 43.8 Å². The lowest BCUT2D eigenvalue weighted by Crippen LogP contribution is -2.13. The molecule has 4 aromatic rings. The molecule has 29 heavy (non-hydrogen) atoms. The summed E-state index contributed by atoms with van der Waals surface area (Å²) in [6, 6.07) is 5.68. The first-order valence-corrected chi connectivity index (χ1v) is 10.2. The summed E-state index contributed by atoms with van der Waals surface area (Å²) < 4.78 is 8.03. The Morgan fingerprint density at radius 1 is 1.21 bits per heavy atom. The third-order valence-electron chi connectivity index (χ3n) is 5.17. The molecule has 0 aliphatic heterocycles. The van der Waals surface area contributed by atoms with E-state index >= 15 is 0 Å². The number of amides is 1. The van der Waals surface area contributed by atoms with Crippen LogP contribution in [0.3, 0.4) is 0 Å². The zero-order chi connectivity index (χ0) is 20.7. The van der Waals surface area contributed by atoms with Gasteiger partial charge in [-0.2, -0.15) is 5.10 Å². The minimum absolute atomic E-state index is 0.0576. The molecule has 4 rings (SSSR count). The maximum Gasteiger partial charge on any atom is 0.226 e. The van der Waals surface area contributed by atoms with Crippen LogP contribution >= 0.6 is 11.3 Å². The van der Waals surface area contributed by atoms with Crippen LogP contribution in [0.5, 0.6) is 5.75 Å². The van der Waals surface area contributed by atoms with Crippen LogP contribution in [0.15, 0.2) is 18.2 Å². The molecule has 7 nitrogen and oxygen atoms in total. The second-order valence-corrected chi connectivity index (χ2v) is 8.14. The topological polar surface area (TPSA) is 81.9 Å². The SMILES string of the molecule is COc1ccc2nc(NC(=O)CCc3c(C)nc4c(c(C)nn4C)c3C)sc2c1. The molecular weight excluding hydrogens is 386 g/mol. The largest absolute Gasteiger partial charge is 0.497 e. The Bertz CT molecular complexity index is 1240. The molecule has 0 atom stereocenters. The van der Waals surface area contributed by atoms with Gasteiger partial charge in [-0.3, -0.25) is 9.48 Å². The second-order valence-electron chi connectivity index (χ2n) is 7.11. The number of nitrogens with zero attached hydrogens (tertiary/aromatic N) is 4. The number of fused-ring (bicyclic) bond motifs is 2. The maximum atomic E-state index is 12.5.